The molecule has 0 radical (unpaired) electrons. The Bertz CT molecular complexity index is 597. The molecule has 0 aliphatic rings. The van der Waals surface area contributed by atoms with Gasteiger partial charge in [-0.15, -0.1) is 0 Å². The van der Waals surface area contributed by atoms with Crippen molar-refractivity contribution in [3.63, 3.8) is 0 Å². The molecule has 1 atom stereocenters. The zero-order valence-electron chi connectivity index (χ0n) is 11.2. The molecule has 0 saturated heterocycles. The van der Waals surface area contributed by atoms with Crippen LogP contribution in [-0.2, 0) is 0 Å². The molecule has 2 aromatic carbocycles. The Morgan fingerprint density at radius 2 is 1.75 bits per heavy atom. The van der Waals surface area contributed by atoms with Gasteiger partial charge in [-0.05, 0) is 36.8 Å². The summed E-state index contributed by atoms with van der Waals surface area (Å²) in [7, 11) is 1.46. The number of phenols is 1. The van der Waals surface area contributed by atoms with E-state index in [2.05, 4.69) is 5.32 Å². The predicted molar refractivity (Wildman–Crippen MR) is 73.1 cm³/mol. The van der Waals surface area contributed by atoms with Crippen molar-refractivity contribution in [2.75, 3.05) is 12.4 Å². The summed E-state index contributed by atoms with van der Waals surface area (Å²) in [6.45, 7) is 1.77. The molecular weight excluding hydrogens is 264 g/mol. The summed E-state index contributed by atoms with van der Waals surface area (Å²) in [5.74, 6) is -0.882. The van der Waals surface area contributed by atoms with Crippen molar-refractivity contribution in [1.82, 2.24) is 0 Å². The fraction of sp³-hybridized carbons (Fsp3) is 0.200. The molecule has 2 N–H and O–H groups in total. The smallest absolute Gasteiger partial charge is 0.160 e. The highest BCUT2D eigenvalue weighted by Gasteiger charge is 2.10. The van der Waals surface area contributed by atoms with Crippen LogP contribution >= 0.6 is 0 Å². The van der Waals surface area contributed by atoms with E-state index in [4.69, 9.17) is 4.74 Å². The number of rotatable bonds is 4. The van der Waals surface area contributed by atoms with Crippen LogP contribution in [0.4, 0.5) is 14.5 Å². The molecule has 0 bridgehead atoms. The molecule has 0 heterocycles. The van der Waals surface area contributed by atoms with Crippen LogP contribution in [0.25, 0.3) is 0 Å². The van der Waals surface area contributed by atoms with Gasteiger partial charge in [0.2, 0.25) is 0 Å². The number of phenolic OH excluding ortho intramolecular Hbond substituents is 1. The third-order valence-corrected chi connectivity index (χ3v) is 2.95. The Kier molecular flexibility index (Phi) is 4.08. The molecule has 0 saturated carbocycles. The van der Waals surface area contributed by atoms with Gasteiger partial charge in [0.15, 0.2) is 11.5 Å². The maximum Gasteiger partial charge on any atom is 0.160 e. The van der Waals surface area contributed by atoms with E-state index in [0.717, 1.165) is 6.07 Å². The fourth-order valence-electron chi connectivity index (χ4n) is 1.94. The third kappa shape index (κ3) is 3.17. The zero-order chi connectivity index (χ0) is 14.7. The van der Waals surface area contributed by atoms with Crippen LogP contribution in [0.5, 0.6) is 11.5 Å². The van der Waals surface area contributed by atoms with Gasteiger partial charge in [0.05, 0.1) is 7.11 Å². The molecule has 2 aromatic rings. The lowest BCUT2D eigenvalue weighted by Gasteiger charge is -2.16. The summed E-state index contributed by atoms with van der Waals surface area (Å²) in [6, 6.07) is 7.86. The average molecular weight is 279 g/mol. The first-order valence-electron chi connectivity index (χ1n) is 6.09. The van der Waals surface area contributed by atoms with Gasteiger partial charge in [-0.3, -0.25) is 0 Å². The van der Waals surface area contributed by atoms with Gasteiger partial charge >= 0.3 is 0 Å². The lowest BCUT2D eigenvalue weighted by Crippen LogP contribution is -2.07. The quantitative estimate of drug-likeness (QED) is 0.893. The van der Waals surface area contributed by atoms with Crippen LogP contribution in [0.1, 0.15) is 18.5 Å². The number of ether oxygens (including phenoxy) is 1. The van der Waals surface area contributed by atoms with Crippen LogP contribution in [0.2, 0.25) is 0 Å². The highest BCUT2D eigenvalue weighted by Crippen LogP contribution is 2.30. The number of hydrogen-bond acceptors (Lipinski definition) is 3. The lowest BCUT2D eigenvalue weighted by atomic mass is 10.1. The van der Waals surface area contributed by atoms with Crippen molar-refractivity contribution in [2.45, 2.75) is 13.0 Å². The number of benzene rings is 2. The fourth-order valence-corrected chi connectivity index (χ4v) is 1.94. The zero-order valence-corrected chi connectivity index (χ0v) is 11.2. The first-order chi connectivity index (χ1) is 9.49. The molecule has 0 aromatic heterocycles. The molecule has 0 aliphatic carbocycles. The summed E-state index contributed by atoms with van der Waals surface area (Å²) in [5.41, 5.74) is 1.11. The first-order valence-corrected chi connectivity index (χ1v) is 6.09. The second kappa shape index (κ2) is 5.77. The summed E-state index contributed by atoms with van der Waals surface area (Å²) in [6.07, 6.45) is 0. The Balaban J connectivity index is 2.18. The monoisotopic (exact) mass is 279 g/mol. The van der Waals surface area contributed by atoms with Crippen molar-refractivity contribution in [1.29, 1.82) is 0 Å². The lowest BCUT2D eigenvalue weighted by molar-refractivity contribution is 0.373. The van der Waals surface area contributed by atoms with E-state index < -0.39 is 11.6 Å². The Labute approximate surface area is 115 Å². The highest BCUT2D eigenvalue weighted by atomic mass is 19.1. The van der Waals surface area contributed by atoms with Gasteiger partial charge in [0.1, 0.15) is 11.6 Å². The molecule has 20 heavy (non-hydrogen) atoms. The minimum absolute atomic E-state index is 0.00452. The van der Waals surface area contributed by atoms with E-state index in [9.17, 15) is 13.9 Å². The molecule has 0 aliphatic heterocycles. The standard InChI is InChI=1S/C15H15F2NO2/c1-9(10-5-11(16)7-12(17)6-10)18-13-3-4-15(20-2)14(19)8-13/h3-9,18-19H,1-2H3. The summed E-state index contributed by atoms with van der Waals surface area (Å²) >= 11 is 0. The summed E-state index contributed by atoms with van der Waals surface area (Å²) in [4.78, 5) is 0. The topological polar surface area (TPSA) is 41.5 Å². The Morgan fingerprint density at radius 1 is 1.10 bits per heavy atom. The second-order valence-corrected chi connectivity index (χ2v) is 4.46. The maximum absolute atomic E-state index is 13.2. The van der Waals surface area contributed by atoms with Crippen molar-refractivity contribution in [2.24, 2.45) is 0 Å². The van der Waals surface area contributed by atoms with Crippen LogP contribution in [0.15, 0.2) is 36.4 Å². The maximum atomic E-state index is 13.2. The highest BCUT2D eigenvalue weighted by molar-refractivity contribution is 5.55. The van der Waals surface area contributed by atoms with Gasteiger partial charge in [-0.1, -0.05) is 0 Å². The minimum atomic E-state index is -0.619. The van der Waals surface area contributed by atoms with Gasteiger partial charge < -0.3 is 15.2 Å². The van der Waals surface area contributed by atoms with Gasteiger partial charge in [-0.2, -0.15) is 0 Å². The van der Waals surface area contributed by atoms with Crippen LogP contribution in [-0.4, -0.2) is 12.2 Å². The Hall–Kier alpha value is -2.30. The summed E-state index contributed by atoms with van der Waals surface area (Å²) < 4.78 is 31.3. The van der Waals surface area contributed by atoms with E-state index in [1.165, 1.54) is 25.3 Å². The SMILES string of the molecule is COc1ccc(NC(C)c2cc(F)cc(F)c2)cc1O. The van der Waals surface area contributed by atoms with Crippen molar-refractivity contribution >= 4 is 5.69 Å². The molecule has 5 heteroatoms. The van der Waals surface area contributed by atoms with E-state index >= 15 is 0 Å². The molecular formula is C15H15F2NO2. The van der Waals surface area contributed by atoms with Crippen molar-refractivity contribution in [3.05, 3.63) is 53.6 Å². The van der Waals surface area contributed by atoms with Crippen molar-refractivity contribution < 1.29 is 18.6 Å². The van der Waals surface area contributed by atoms with E-state index in [1.54, 1.807) is 19.1 Å². The number of hydrogen-bond donors (Lipinski definition) is 2. The normalized spacial score (nSPS) is 12.0. The van der Waals surface area contributed by atoms with Crippen molar-refractivity contribution in [3.8, 4) is 11.5 Å². The average Bonchev–Trinajstić information content (AvgIpc) is 2.37. The molecule has 106 valence electrons. The molecule has 0 fully saturated rings. The molecule has 1 unspecified atom stereocenters. The molecule has 3 nitrogen and oxygen atoms in total. The number of methoxy groups -OCH3 is 1. The van der Waals surface area contributed by atoms with Crippen LogP contribution in [0.3, 0.4) is 0 Å². The minimum Gasteiger partial charge on any atom is -0.504 e. The number of halogens is 2. The van der Waals surface area contributed by atoms with Gasteiger partial charge in [-0.25, -0.2) is 8.78 Å². The third-order valence-electron chi connectivity index (χ3n) is 2.95. The second-order valence-electron chi connectivity index (χ2n) is 4.46. The number of nitrogens with one attached hydrogen (secondary N) is 1. The largest absolute Gasteiger partial charge is 0.504 e. The van der Waals surface area contributed by atoms with E-state index in [0.29, 0.717) is 17.0 Å². The molecule has 0 spiro atoms. The predicted octanol–water partition coefficient (Wildman–Crippen LogP) is 3.85. The molecule has 0 amide bonds. The van der Waals surface area contributed by atoms with Crippen LogP contribution < -0.4 is 10.1 Å². The number of anilines is 1. The molecule has 2 rings (SSSR count). The van der Waals surface area contributed by atoms with E-state index in [1.807, 2.05) is 0 Å². The Morgan fingerprint density at radius 3 is 2.30 bits per heavy atom. The van der Waals surface area contributed by atoms with Crippen LogP contribution in [0, 0.1) is 11.6 Å². The number of aromatic hydroxyl groups is 1. The summed E-state index contributed by atoms with van der Waals surface area (Å²) in [5, 5.41) is 12.7. The van der Waals surface area contributed by atoms with E-state index in [-0.39, 0.29) is 11.8 Å². The van der Waals surface area contributed by atoms with Gasteiger partial charge in [0, 0.05) is 23.9 Å². The first kappa shape index (κ1) is 14.1. The van der Waals surface area contributed by atoms with Gasteiger partial charge in [0.25, 0.3) is 0 Å².